The van der Waals surface area contributed by atoms with Crippen LogP contribution in [-0.4, -0.2) is 51.5 Å². The van der Waals surface area contributed by atoms with Crippen molar-refractivity contribution in [3.05, 3.63) is 48.4 Å². The van der Waals surface area contributed by atoms with E-state index >= 15 is 0 Å². The summed E-state index contributed by atoms with van der Waals surface area (Å²) in [5.41, 5.74) is 1.74. The number of aromatic nitrogens is 3. The second kappa shape index (κ2) is 5.46. The molecule has 0 unspecified atom stereocenters. The Morgan fingerprint density at radius 2 is 2.00 bits per heavy atom. The van der Waals surface area contributed by atoms with Crippen molar-refractivity contribution in [1.29, 1.82) is 0 Å². The monoisotopic (exact) mass is 309 g/mol. The molecule has 0 radical (unpaired) electrons. The Labute approximate surface area is 134 Å². The van der Waals surface area contributed by atoms with Crippen molar-refractivity contribution in [3.63, 3.8) is 0 Å². The Bertz CT molecular complexity index is 841. The average molecular weight is 309 g/mol. The highest BCUT2D eigenvalue weighted by atomic mass is 16.2. The first-order chi connectivity index (χ1) is 11.2. The van der Waals surface area contributed by atoms with Crippen LogP contribution in [0, 0.1) is 0 Å². The summed E-state index contributed by atoms with van der Waals surface area (Å²) in [4.78, 5) is 24.4. The third-order valence-electron chi connectivity index (χ3n) is 4.45. The molecule has 6 heteroatoms. The maximum atomic E-state index is 12.7. The quantitative estimate of drug-likeness (QED) is 0.786. The van der Waals surface area contributed by atoms with E-state index < -0.39 is 0 Å². The maximum Gasteiger partial charge on any atom is 0.254 e. The number of carbonyl (C=O) groups excluding carboxylic acids is 1. The first-order valence-corrected chi connectivity index (χ1v) is 7.81. The summed E-state index contributed by atoms with van der Waals surface area (Å²) < 4.78 is 2.01. The van der Waals surface area contributed by atoms with Gasteiger partial charge < -0.3 is 19.4 Å². The first-order valence-electron chi connectivity index (χ1n) is 7.81. The van der Waals surface area contributed by atoms with Gasteiger partial charge in [-0.05, 0) is 23.6 Å². The predicted molar refractivity (Wildman–Crippen MR) is 89.6 cm³/mol. The summed E-state index contributed by atoms with van der Waals surface area (Å²) in [6.45, 7) is 3.05. The maximum absolute atomic E-state index is 12.7. The lowest BCUT2D eigenvalue weighted by Crippen LogP contribution is -2.49. The Morgan fingerprint density at radius 1 is 1.17 bits per heavy atom. The number of anilines is 1. The van der Waals surface area contributed by atoms with Crippen LogP contribution in [0.1, 0.15) is 10.4 Å². The van der Waals surface area contributed by atoms with Crippen LogP contribution in [0.4, 0.5) is 5.95 Å². The lowest BCUT2D eigenvalue weighted by molar-refractivity contribution is 0.0746. The molecule has 23 heavy (non-hydrogen) atoms. The lowest BCUT2D eigenvalue weighted by Gasteiger charge is -2.35. The molecular formula is C17H19N5O. The van der Waals surface area contributed by atoms with Gasteiger partial charge in [-0.3, -0.25) is 4.79 Å². The number of carbonyl (C=O) groups is 1. The van der Waals surface area contributed by atoms with Gasteiger partial charge in [-0.2, -0.15) is 0 Å². The third kappa shape index (κ3) is 2.46. The van der Waals surface area contributed by atoms with Gasteiger partial charge in [0.25, 0.3) is 5.91 Å². The van der Waals surface area contributed by atoms with Gasteiger partial charge in [-0.15, -0.1) is 0 Å². The number of benzene rings is 1. The fourth-order valence-corrected chi connectivity index (χ4v) is 3.14. The van der Waals surface area contributed by atoms with Crippen molar-refractivity contribution in [2.24, 2.45) is 7.05 Å². The minimum absolute atomic E-state index is 0.0981. The average Bonchev–Trinajstić information content (AvgIpc) is 3.22. The molecule has 3 aromatic rings. The van der Waals surface area contributed by atoms with Crippen LogP contribution < -0.4 is 4.90 Å². The van der Waals surface area contributed by atoms with E-state index in [2.05, 4.69) is 14.9 Å². The van der Waals surface area contributed by atoms with E-state index in [9.17, 15) is 4.79 Å². The summed E-state index contributed by atoms with van der Waals surface area (Å²) in [5, 5.41) is 1.13. The second-order valence-corrected chi connectivity index (χ2v) is 5.90. The van der Waals surface area contributed by atoms with Crippen molar-refractivity contribution in [3.8, 4) is 0 Å². The highest BCUT2D eigenvalue weighted by Crippen LogP contribution is 2.18. The number of H-pyrrole nitrogens is 1. The number of piperazine rings is 1. The van der Waals surface area contributed by atoms with Gasteiger partial charge >= 0.3 is 0 Å². The molecule has 0 bridgehead atoms. The fourth-order valence-electron chi connectivity index (χ4n) is 3.14. The van der Waals surface area contributed by atoms with Gasteiger partial charge in [-0.1, -0.05) is 6.07 Å². The lowest BCUT2D eigenvalue weighted by atomic mass is 10.1. The molecule has 1 fully saturated rings. The molecule has 118 valence electrons. The molecule has 1 N–H and O–H groups in total. The van der Waals surface area contributed by atoms with Crippen molar-refractivity contribution in [1.82, 2.24) is 19.4 Å². The molecule has 0 spiro atoms. The van der Waals surface area contributed by atoms with Crippen LogP contribution in [0.5, 0.6) is 0 Å². The zero-order valence-corrected chi connectivity index (χ0v) is 13.1. The summed E-state index contributed by atoms with van der Waals surface area (Å²) in [6, 6.07) is 7.84. The minimum Gasteiger partial charge on any atom is -0.361 e. The number of aromatic amines is 1. The van der Waals surface area contributed by atoms with Gasteiger partial charge in [0.05, 0.1) is 0 Å². The van der Waals surface area contributed by atoms with E-state index in [0.717, 1.165) is 35.5 Å². The summed E-state index contributed by atoms with van der Waals surface area (Å²) in [5.74, 6) is 1.06. The molecule has 3 heterocycles. The van der Waals surface area contributed by atoms with Crippen molar-refractivity contribution < 1.29 is 4.79 Å². The number of aryl methyl sites for hydroxylation is 1. The van der Waals surface area contributed by atoms with E-state index in [1.54, 1.807) is 6.20 Å². The molecule has 0 aliphatic carbocycles. The standard InChI is InChI=1S/C17H19N5O/c1-20-7-6-19-17(20)22-10-8-21(9-11-22)16(23)14-3-2-13-4-5-18-15(13)12-14/h2-7,12,18H,8-11H2,1H3. The SMILES string of the molecule is Cn1ccnc1N1CCN(C(=O)c2ccc3cc[nH]c3c2)CC1. The van der Waals surface area contributed by atoms with Crippen molar-refractivity contribution in [2.75, 3.05) is 31.1 Å². The first kappa shape index (κ1) is 13.9. The van der Waals surface area contributed by atoms with E-state index in [4.69, 9.17) is 0 Å². The predicted octanol–water partition coefficient (Wildman–Crippen LogP) is 1.86. The summed E-state index contributed by atoms with van der Waals surface area (Å²) >= 11 is 0. The summed E-state index contributed by atoms with van der Waals surface area (Å²) in [6.07, 6.45) is 5.64. The van der Waals surface area contributed by atoms with Crippen LogP contribution in [-0.2, 0) is 7.05 Å². The van der Waals surface area contributed by atoms with E-state index in [0.29, 0.717) is 13.1 Å². The number of rotatable bonds is 2. The third-order valence-corrected chi connectivity index (χ3v) is 4.45. The highest BCUT2D eigenvalue weighted by Gasteiger charge is 2.24. The van der Waals surface area contributed by atoms with E-state index in [1.165, 1.54) is 0 Å². The van der Waals surface area contributed by atoms with Crippen LogP contribution >= 0.6 is 0 Å². The van der Waals surface area contributed by atoms with Gasteiger partial charge in [0.1, 0.15) is 0 Å². The van der Waals surface area contributed by atoms with Gasteiger partial charge in [0.15, 0.2) is 0 Å². The molecule has 0 atom stereocenters. The molecule has 1 amide bonds. The molecule has 6 nitrogen and oxygen atoms in total. The summed E-state index contributed by atoms with van der Waals surface area (Å²) in [7, 11) is 1.99. The highest BCUT2D eigenvalue weighted by molar-refractivity contribution is 5.98. The second-order valence-electron chi connectivity index (χ2n) is 5.90. The Hall–Kier alpha value is -2.76. The minimum atomic E-state index is 0.0981. The van der Waals surface area contributed by atoms with Crippen LogP contribution in [0.2, 0.25) is 0 Å². The Kier molecular flexibility index (Phi) is 3.29. The normalized spacial score (nSPS) is 15.3. The number of hydrogen-bond donors (Lipinski definition) is 1. The molecule has 4 rings (SSSR count). The molecule has 1 aromatic carbocycles. The zero-order valence-electron chi connectivity index (χ0n) is 13.1. The number of imidazole rings is 1. The van der Waals surface area contributed by atoms with Gasteiger partial charge in [0.2, 0.25) is 5.95 Å². The number of fused-ring (bicyclic) bond motifs is 1. The van der Waals surface area contributed by atoms with Crippen LogP contribution in [0.25, 0.3) is 10.9 Å². The number of amides is 1. The fraction of sp³-hybridized carbons (Fsp3) is 0.294. The molecule has 2 aromatic heterocycles. The van der Waals surface area contributed by atoms with Gasteiger partial charge in [0, 0.05) is 62.9 Å². The molecule has 1 aliphatic rings. The molecule has 0 saturated carbocycles. The van der Waals surface area contributed by atoms with E-state index in [1.807, 2.05) is 53.2 Å². The molecule has 1 aliphatic heterocycles. The Morgan fingerprint density at radius 3 is 2.74 bits per heavy atom. The number of nitrogens with zero attached hydrogens (tertiary/aromatic N) is 4. The zero-order chi connectivity index (χ0) is 15.8. The van der Waals surface area contributed by atoms with Crippen LogP contribution in [0.15, 0.2) is 42.9 Å². The van der Waals surface area contributed by atoms with Crippen LogP contribution in [0.3, 0.4) is 0 Å². The Balaban J connectivity index is 1.47. The van der Waals surface area contributed by atoms with Crippen molar-refractivity contribution in [2.45, 2.75) is 0 Å². The molecular weight excluding hydrogens is 290 g/mol. The molecule has 1 saturated heterocycles. The number of hydrogen-bond acceptors (Lipinski definition) is 3. The van der Waals surface area contributed by atoms with E-state index in [-0.39, 0.29) is 5.91 Å². The largest absolute Gasteiger partial charge is 0.361 e. The van der Waals surface area contributed by atoms with Crippen molar-refractivity contribution >= 4 is 22.8 Å². The topological polar surface area (TPSA) is 57.2 Å². The smallest absolute Gasteiger partial charge is 0.254 e. The number of nitrogens with one attached hydrogen (secondary N) is 1. The van der Waals surface area contributed by atoms with Gasteiger partial charge in [-0.25, -0.2) is 4.98 Å².